The number of rotatable bonds is 5. The van der Waals surface area contributed by atoms with Gasteiger partial charge in [0.1, 0.15) is 5.78 Å². The molecule has 0 aromatic carbocycles. The molecule has 0 saturated heterocycles. The number of carbonyl (C=O) groups is 1. The van der Waals surface area contributed by atoms with Crippen molar-refractivity contribution in [2.45, 2.75) is 60.8 Å². The number of carbonyl (C=O) groups excluding carboxylic acids is 1. The molecule has 0 N–H and O–H groups in total. The molecule has 0 aromatic rings. The highest BCUT2D eigenvalue weighted by molar-refractivity contribution is 5.77. The molecule has 1 heteroatoms. The smallest absolute Gasteiger partial charge is 0.132 e. The highest BCUT2D eigenvalue weighted by Crippen LogP contribution is 2.14. The minimum absolute atomic E-state index is 0.268. The maximum absolute atomic E-state index is 10.8. The minimum Gasteiger partial charge on any atom is -0.300 e. The van der Waals surface area contributed by atoms with Crippen LogP contribution < -0.4 is 0 Å². The van der Waals surface area contributed by atoms with Crippen molar-refractivity contribution in [3.8, 4) is 0 Å². The van der Waals surface area contributed by atoms with Crippen LogP contribution >= 0.6 is 0 Å². The predicted molar refractivity (Wildman–Crippen MR) is 59.9 cm³/mol. The third-order valence-corrected chi connectivity index (χ3v) is 2.48. The van der Waals surface area contributed by atoms with Gasteiger partial charge in [-0.15, -0.1) is 0 Å². The summed E-state index contributed by atoms with van der Waals surface area (Å²) in [5.41, 5.74) is 0. The Bertz CT molecular complexity index is 118. The summed E-state index contributed by atoms with van der Waals surface area (Å²) < 4.78 is 0. The van der Waals surface area contributed by atoms with Crippen LogP contribution in [0.4, 0.5) is 0 Å². The average molecular weight is 186 g/mol. The lowest BCUT2D eigenvalue weighted by Gasteiger charge is -2.10. The first-order chi connectivity index (χ1) is 6.07. The van der Waals surface area contributed by atoms with E-state index in [0.29, 0.717) is 5.78 Å². The van der Waals surface area contributed by atoms with Crippen LogP contribution in [-0.4, -0.2) is 5.78 Å². The van der Waals surface area contributed by atoms with Gasteiger partial charge in [0.05, 0.1) is 0 Å². The van der Waals surface area contributed by atoms with Crippen molar-refractivity contribution in [2.75, 3.05) is 0 Å². The van der Waals surface area contributed by atoms with Crippen molar-refractivity contribution in [3.63, 3.8) is 0 Å². The SMILES string of the molecule is CC.CCC(C)CCC(C)C(C)=O. The lowest BCUT2D eigenvalue weighted by Crippen LogP contribution is -2.07. The van der Waals surface area contributed by atoms with Gasteiger partial charge in [0.25, 0.3) is 0 Å². The molecule has 0 amide bonds. The molecule has 1 nitrogen and oxygen atoms in total. The molecule has 0 spiro atoms. The molecule has 0 rings (SSSR count). The van der Waals surface area contributed by atoms with E-state index in [1.807, 2.05) is 20.8 Å². The monoisotopic (exact) mass is 186 g/mol. The lowest BCUT2D eigenvalue weighted by atomic mass is 9.94. The number of Topliss-reactive ketones (excluding diaryl/α,β-unsaturated/α-hetero) is 1. The summed E-state index contributed by atoms with van der Waals surface area (Å²) in [4.78, 5) is 10.8. The van der Waals surface area contributed by atoms with Gasteiger partial charge in [0.2, 0.25) is 0 Å². The molecule has 0 fully saturated rings. The molecule has 13 heavy (non-hydrogen) atoms. The number of hydrogen-bond acceptors (Lipinski definition) is 1. The van der Waals surface area contributed by atoms with Crippen LogP contribution in [0.25, 0.3) is 0 Å². The molecule has 0 aliphatic carbocycles. The first-order valence-corrected chi connectivity index (χ1v) is 5.58. The molecule has 0 radical (unpaired) electrons. The van der Waals surface area contributed by atoms with Crippen molar-refractivity contribution in [1.82, 2.24) is 0 Å². The van der Waals surface area contributed by atoms with Crippen LogP contribution in [0.3, 0.4) is 0 Å². The second kappa shape index (κ2) is 9.76. The maximum atomic E-state index is 10.8. The van der Waals surface area contributed by atoms with Crippen molar-refractivity contribution in [3.05, 3.63) is 0 Å². The summed E-state index contributed by atoms with van der Waals surface area (Å²) in [6.07, 6.45) is 3.48. The normalized spacial score (nSPS) is 14.0. The number of hydrogen-bond donors (Lipinski definition) is 0. The maximum Gasteiger partial charge on any atom is 0.132 e. The third kappa shape index (κ3) is 9.59. The molecule has 0 aliphatic heterocycles. The molecule has 2 unspecified atom stereocenters. The summed E-state index contributed by atoms with van der Waals surface area (Å²) >= 11 is 0. The van der Waals surface area contributed by atoms with Crippen LogP contribution in [0.1, 0.15) is 60.8 Å². The fraction of sp³-hybridized carbons (Fsp3) is 0.917. The molecular formula is C12H26O. The van der Waals surface area contributed by atoms with Crippen LogP contribution in [0, 0.1) is 11.8 Å². The quantitative estimate of drug-likeness (QED) is 0.632. The van der Waals surface area contributed by atoms with Crippen molar-refractivity contribution in [1.29, 1.82) is 0 Å². The Balaban J connectivity index is 0. The van der Waals surface area contributed by atoms with Crippen LogP contribution in [-0.2, 0) is 4.79 Å². The molecule has 0 bridgehead atoms. The molecule has 0 heterocycles. The van der Waals surface area contributed by atoms with E-state index in [1.54, 1.807) is 6.92 Å². The van der Waals surface area contributed by atoms with Gasteiger partial charge in [0.15, 0.2) is 0 Å². The average Bonchev–Trinajstić information content (AvgIpc) is 2.16. The van der Waals surface area contributed by atoms with E-state index >= 15 is 0 Å². The number of ketones is 1. The Kier molecular flexibility index (Phi) is 11.4. The van der Waals surface area contributed by atoms with E-state index in [1.165, 1.54) is 12.8 Å². The van der Waals surface area contributed by atoms with E-state index in [-0.39, 0.29) is 5.92 Å². The Morgan fingerprint density at radius 3 is 1.92 bits per heavy atom. The van der Waals surface area contributed by atoms with Crippen molar-refractivity contribution in [2.24, 2.45) is 11.8 Å². The molecule has 0 saturated carbocycles. The molecule has 80 valence electrons. The van der Waals surface area contributed by atoms with E-state index in [2.05, 4.69) is 13.8 Å². The summed E-state index contributed by atoms with van der Waals surface area (Å²) in [6, 6.07) is 0. The third-order valence-electron chi connectivity index (χ3n) is 2.48. The van der Waals surface area contributed by atoms with Crippen molar-refractivity contribution < 1.29 is 4.79 Å². The molecular weight excluding hydrogens is 160 g/mol. The second-order valence-corrected chi connectivity index (χ2v) is 3.60. The molecule has 2 atom stereocenters. The lowest BCUT2D eigenvalue weighted by molar-refractivity contribution is -0.120. The first kappa shape index (κ1) is 15.2. The van der Waals surface area contributed by atoms with Gasteiger partial charge in [-0.2, -0.15) is 0 Å². The summed E-state index contributed by atoms with van der Waals surface area (Å²) in [7, 11) is 0. The van der Waals surface area contributed by atoms with Gasteiger partial charge in [-0.05, 0) is 19.3 Å². The fourth-order valence-electron chi connectivity index (χ4n) is 0.942. The standard InChI is InChI=1S/C10H20O.C2H6/c1-5-8(2)6-7-9(3)10(4)11;1-2/h8-9H,5-7H2,1-4H3;1-2H3. The van der Waals surface area contributed by atoms with Gasteiger partial charge < -0.3 is 0 Å². The van der Waals surface area contributed by atoms with E-state index in [4.69, 9.17) is 0 Å². The topological polar surface area (TPSA) is 17.1 Å². The van der Waals surface area contributed by atoms with E-state index in [9.17, 15) is 4.79 Å². The van der Waals surface area contributed by atoms with Gasteiger partial charge in [0, 0.05) is 5.92 Å². The minimum atomic E-state index is 0.268. The van der Waals surface area contributed by atoms with Gasteiger partial charge in [-0.25, -0.2) is 0 Å². The Morgan fingerprint density at radius 1 is 1.15 bits per heavy atom. The zero-order valence-electron chi connectivity index (χ0n) is 10.2. The van der Waals surface area contributed by atoms with Gasteiger partial charge >= 0.3 is 0 Å². The molecule has 0 aromatic heterocycles. The summed E-state index contributed by atoms with van der Waals surface area (Å²) in [5.74, 6) is 1.37. The van der Waals surface area contributed by atoms with Gasteiger partial charge in [-0.3, -0.25) is 4.79 Å². The highest BCUT2D eigenvalue weighted by Gasteiger charge is 2.08. The first-order valence-electron chi connectivity index (χ1n) is 5.58. The van der Waals surface area contributed by atoms with Gasteiger partial charge in [-0.1, -0.05) is 47.5 Å². The van der Waals surface area contributed by atoms with Crippen LogP contribution in [0.5, 0.6) is 0 Å². The second-order valence-electron chi connectivity index (χ2n) is 3.60. The zero-order valence-corrected chi connectivity index (χ0v) is 10.2. The Morgan fingerprint density at radius 2 is 1.62 bits per heavy atom. The molecule has 0 aliphatic rings. The predicted octanol–water partition coefficient (Wildman–Crippen LogP) is 4.06. The largest absolute Gasteiger partial charge is 0.300 e. The van der Waals surface area contributed by atoms with E-state index < -0.39 is 0 Å². The zero-order chi connectivity index (χ0) is 10.9. The van der Waals surface area contributed by atoms with Crippen LogP contribution in [0.15, 0.2) is 0 Å². The van der Waals surface area contributed by atoms with E-state index in [0.717, 1.165) is 12.3 Å². The fourth-order valence-corrected chi connectivity index (χ4v) is 0.942. The Labute approximate surface area is 83.9 Å². The van der Waals surface area contributed by atoms with Crippen LogP contribution in [0.2, 0.25) is 0 Å². The van der Waals surface area contributed by atoms with Crippen molar-refractivity contribution >= 4 is 5.78 Å². The Hall–Kier alpha value is -0.330. The summed E-state index contributed by atoms with van der Waals surface area (Å²) in [6.45, 7) is 12.1. The highest BCUT2D eigenvalue weighted by atomic mass is 16.1. The summed E-state index contributed by atoms with van der Waals surface area (Å²) in [5, 5.41) is 0.